The lowest BCUT2D eigenvalue weighted by molar-refractivity contribution is -0.117. The molecule has 23 heavy (non-hydrogen) atoms. The minimum atomic E-state index is -2.97. The third kappa shape index (κ3) is 4.83. The molecule has 2 rings (SSSR count). The van der Waals surface area contributed by atoms with Crippen molar-refractivity contribution in [3.05, 3.63) is 23.2 Å². The number of nitrogens with zero attached hydrogens (tertiary/aromatic N) is 1. The normalized spacial score (nSPS) is 19.7. The van der Waals surface area contributed by atoms with E-state index in [9.17, 15) is 13.2 Å². The molecule has 0 spiro atoms. The van der Waals surface area contributed by atoms with E-state index in [0.29, 0.717) is 29.4 Å². The Balaban J connectivity index is 2.02. The van der Waals surface area contributed by atoms with E-state index >= 15 is 0 Å². The molecule has 1 aromatic carbocycles. The van der Waals surface area contributed by atoms with Gasteiger partial charge in [0.25, 0.3) is 0 Å². The van der Waals surface area contributed by atoms with Crippen LogP contribution in [0.2, 0.25) is 5.02 Å². The molecule has 1 unspecified atom stereocenters. The van der Waals surface area contributed by atoms with E-state index in [4.69, 9.17) is 16.3 Å². The van der Waals surface area contributed by atoms with Crippen molar-refractivity contribution in [3.8, 4) is 5.75 Å². The van der Waals surface area contributed by atoms with Crippen LogP contribution in [-0.2, 0) is 14.6 Å². The van der Waals surface area contributed by atoms with E-state index in [1.54, 1.807) is 18.2 Å². The van der Waals surface area contributed by atoms with Gasteiger partial charge in [0, 0.05) is 11.1 Å². The average Bonchev–Trinajstić information content (AvgIpc) is 2.85. The van der Waals surface area contributed by atoms with Crippen molar-refractivity contribution in [2.24, 2.45) is 0 Å². The first kappa shape index (κ1) is 18.0. The first-order valence-corrected chi connectivity index (χ1v) is 9.62. The number of hydrogen-bond donors (Lipinski definition) is 1. The summed E-state index contributed by atoms with van der Waals surface area (Å²) in [5.74, 6) is 0.609. The van der Waals surface area contributed by atoms with E-state index < -0.39 is 9.84 Å². The molecule has 1 fully saturated rings. The maximum absolute atomic E-state index is 12.3. The molecule has 1 atom stereocenters. The van der Waals surface area contributed by atoms with Gasteiger partial charge < -0.3 is 10.1 Å². The van der Waals surface area contributed by atoms with E-state index in [-0.39, 0.29) is 30.0 Å². The van der Waals surface area contributed by atoms with Gasteiger partial charge in [0.2, 0.25) is 5.91 Å². The van der Waals surface area contributed by atoms with E-state index in [1.807, 2.05) is 11.8 Å². The Labute approximate surface area is 141 Å². The predicted octanol–water partition coefficient (Wildman–Crippen LogP) is 1.80. The van der Waals surface area contributed by atoms with Crippen molar-refractivity contribution in [3.63, 3.8) is 0 Å². The first-order valence-electron chi connectivity index (χ1n) is 7.42. The molecule has 0 bridgehead atoms. The standard InChI is InChI=1S/C15H21ClN2O4S/c1-3-18(12-6-7-23(20,21)10-12)9-15(19)17-13-8-11(16)4-5-14(13)22-2/h4-5,8,12H,3,6-7,9-10H2,1-2H3,(H,17,19). The molecule has 128 valence electrons. The summed E-state index contributed by atoms with van der Waals surface area (Å²) in [5, 5.41) is 3.27. The van der Waals surface area contributed by atoms with Crippen molar-refractivity contribution in [1.29, 1.82) is 0 Å². The van der Waals surface area contributed by atoms with Crippen LogP contribution in [0.25, 0.3) is 0 Å². The Morgan fingerprint density at radius 1 is 1.48 bits per heavy atom. The lowest BCUT2D eigenvalue weighted by Gasteiger charge is -2.25. The molecule has 0 radical (unpaired) electrons. The van der Waals surface area contributed by atoms with Crippen LogP contribution < -0.4 is 10.1 Å². The molecule has 0 aromatic heterocycles. The summed E-state index contributed by atoms with van der Waals surface area (Å²) >= 11 is 5.94. The van der Waals surface area contributed by atoms with Gasteiger partial charge >= 0.3 is 0 Å². The van der Waals surface area contributed by atoms with Crippen molar-refractivity contribution in [2.45, 2.75) is 19.4 Å². The van der Waals surface area contributed by atoms with Crippen LogP contribution in [0.1, 0.15) is 13.3 Å². The second kappa shape index (κ2) is 7.51. The summed E-state index contributed by atoms with van der Waals surface area (Å²) in [6.07, 6.45) is 0.573. The third-order valence-electron chi connectivity index (χ3n) is 3.91. The van der Waals surface area contributed by atoms with Crippen LogP contribution in [0.15, 0.2) is 18.2 Å². The maximum Gasteiger partial charge on any atom is 0.238 e. The Kier molecular flexibility index (Phi) is 5.89. The van der Waals surface area contributed by atoms with Gasteiger partial charge in [-0.05, 0) is 31.2 Å². The molecule has 1 N–H and O–H groups in total. The number of methoxy groups -OCH3 is 1. The van der Waals surface area contributed by atoms with E-state index in [1.165, 1.54) is 7.11 Å². The monoisotopic (exact) mass is 360 g/mol. The van der Waals surface area contributed by atoms with Crippen LogP contribution in [-0.4, -0.2) is 57.0 Å². The highest BCUT2D eigenvalue weighted by molar-refractivity contribution is 7.91. The van der Waals surface area contributed by atoms with E-state index in [0.717, 1.165) is 0 Å². The van der Waals surface area contributed by atoms with Crippen LogP contribution >= 0.6 is 11.6 Å². The summed E-state index contributed by atoms with van der Waals surface area (Å²) in [7, 11) is -1.46. The Hall–Kier alpha value is -1.31. The maximum atomic E-state index is 12.3. The summed E-state index contributed by atoms with van der Waals surface area (Å²) in [6.45, 7) is 2.66. The van der Waals surface area contributed by atoms with Gasteiger partial charge in [-0.2, -0.15) is 0 Å². The molecule has 1 amide bonds. The number of amides is 1. The summed E-state index contributed by atoms with van der Waals surface area (Å²) in [5.41, 5.74) is 0.500. The fourth-order valence-electron chi connectivity index (χ4n) is 2.71. The van der Waals surface area contributed by atoms with Crippen LogP contribution in [0.3, 0.4) is 0 Å². The molecule has 1 aliphatic rings. The van der Waals surface area contributed by atoms with Gasteiger partial charge in [-0.3, -0.25) is 9.69 Å². The highest BCUT2D eigenvalue weighted by atomic mass is 35.5. The number of rotatable bonds is 6. The number of sulfone groups is 1. The molecular weight excluding hydrogens is 340 g/mol. The number of anilines is 1. The van der Waals surface area contributed by atoms with Gasteiger partial charge in [-0.25, -0.2) is 8.42 Å². The van der Waals surface area contributed by atoms with Crippen molar-refractivity contribution in [2.75, 3.05) is 37.0 Å². The molecule has 6 nitrogen and oxygen atoms in total. The molecule has 8 heteroatoms. The van der Waals surface area contributed by atoms with Crippen molar-refractivity contribution >= 4 is 33.0 Å². The molecular formula is C15H21ClN2O4S. The Bertz CT molecular complexity index is 678. The molecule has 0 saturated carbocycles. The second-order valence-electron chi connectivity index (χ2n) is 5.51. The zero-order valence-corrected chi connectivity index (χ0v) is 14.8. The summed E-state index contributed by atoms with van der Waals surface area (Å²) in [4.78, 5) is 14.2. The largest absolute Gasteiger partial charge is 0.495 e. The molecule has 0 aliphatic carbocycles. The topological polar surface area (TPSA) is 75.7 Å². The van der Waals surface area contributed by atoms with Gasteiger partial charge in [-0.1, -0.05) is 18.5 Å². The number of carbonyl (C=O) groups is 1. The zero-order chi connectivity index (χ0) is 17.0. The van der Waals surface area contributed by atoms with Crippen molar-refractivity contribution < 1.29 is 17.9 Å². The number of hydrogen-bond acceptors (Lipinski definition) is 5. The minimum Gasteiger partial charge on any atom is -0.495 e. The van der Waals surface area contributed by atoms with E-state index in [2.05, 4.69) is 5.32 Å². The van der Waals surface area contributed by atoms with Crippen LogP contribution in [0, 0.1) is 0 Å². The lowest BCUT2D eigenvalue weighted by Crippen LogP contribution is -2.41. The molecule has 1 heterocycles. The zero-order valence-electron chi connectivity index (χ0n) is 13.2. The lowest BCUT2D eigenvalue weighted by atomic mass is 10.2. The van der Waals surface area contributed by atoms with Crippen molar-refractivity contribution in [1.82, 2.24) is 4.90 Å². The summed E-state index contributed by atoms with van der Waals surface area (Å²) in [6, 6.07) is 4.88. The van der Waals surface area contributed by atoms with Gasteiger partial charge in [0.1, 0.15) is 5.75 Å². The van der Waals surface area contributed by atoms with Crippen LogP contribution in [0.5, 0.6) is 5.75 Å². The number of likely N-dealkylation sites (N-methyl/N-ethyl adjacent to an activating group) is 1. The number of benzene rings is 1. The minimum absolute atomic E-state index is 0.1000. The fraction of sp³-hybridized carbons (Fsp3) is 0.533. The highest BCUT2D eigenvalue weighted by Gasteiger charge is 2.32. The SMILES string of the molecule is CCN(CC(=O)Nc1cc(Cl)ccc1OC)C1CCS(=O)(=O)C1. The molecule has 1 saturated heterocycles. The summed E-state index contributed by atoms with van der Waals surface area (Å²) < 4.78 is 28.4. The van der Waals surface area contributed by atoms with Gasteiger partial charge in [-0.15, -0.1) is 0 Å². The third-order valence-corrected chi connectivity index (χ3v) is 5.90. The number of nitrogens with one attached hydrogen (secondary N) is 1. The van der Waals surface area contributed by atoms with Gasteiger partial charge in [0.05, 0.1) is 30.8 Å². The number of ether oxygens (including phenoxy) is 1. The van der Waals surface area contributed by atoms with Crippen LogP contribution in [0.4, 0.5) is 5.69 Å². The number of carbonyl (C=O) groups excluding carboxylic acids is 1. The molecule has 1 aliphatic heterocycles. The highest BCUT2D eigenvalue weighted by Crippen LogP contribution is 2.27. The Morgan fingerprint density at radius 3 is 2.78 bits per heavy atom. The fourth-order valence-corrected chi connectivity index (χ4v) is 4.65. The Morgan fingerprint density at radius 2 is 2.22 bits per heavy atom. The predicted molar refractivity (Wildman–Crippen MR) is 90.9 cm³/mol. The first-order chi connectivity index (χ1) is 10.8. The quantitative estimate of drug-likeness (QED) is 0.837. The molecule has 1 aromatic rings. The van der Waals surface area contributed by atoms with Gasteiger partial charge in [0.15, 0.2) is 9.84 Å². The second-order valence-corrected chi connectivity index (χ2v) is 8.18. The number of halogens is 1. The average molecular weight is 361 g/mol. The smallest absolute Gasteiger partial charge is 0.238 e.